The van der Waals surface area contributed by atoms with E-state index in [9.17, 15) is 0 Å². The lowest BCUT2D eigenvalue weighted by Crippen LogP contribution is -2.29. The van der Waals surface area contributed by atoms with Crippen LogP contribution in [0.2, 0.25) is 0 Å². The van der Waals surface area contributed by atoms with Gasteiger partial charge in [-0.1, -0.05) is 18.2 Å². The van der Waals surface area contributed by atoms with Gasteiger partial charge in [0.25, 0.3) is 0 Å². The lowest BCUT2D eigenvalue weighted by Gasteiger charge is -2.10. The van der Waals surface area contributed by atoms with Gasteiger partial charge in [0.15, 0.2) is 5.11 Å². The number of nitrogens with zero attached hydrogens (tertiary/aromatic N) is 2. The van der Waals surface area contributed by atoms with Crippen molar-refractivity contribution < 1.29 is 0 Å². The molecule has 2 aromatic rings. The summed E-state index contributed by atoms with van der Waals surface area (Å²) in [4.78, 5) is 4.01. The number of anilines is 1. The quantitative estimate of drug-likeness (QED) is 0.628. The summed E-state index contributed by atoms with van der Waals surface area (Å²) in [6.45, 7) is 1.88. The summed E-state index contributed by atoms with van der Waals surface area (Å²) in [5, 5.41) is 7.03. The van der Waals surface area contributed by atoms with E-state index in [1.807, 2.05) is 42.9 Å². The average Bonchev–Trinajstić information content (AvgIpc) is 2.92. The summed E-state index contributed by atoms with van der Waals surface area (Å²) in [5.41, 5.74) is 1.01. The van der Waals surface area contributed by atoms with Crippen molar-refractivity contribution >= 4 is 23.0 Å². The maximum atomic E-state index is 5.23. The number of aryl methyl sites for hydroxylation is 1. The smallest absolute Gasteiger partial charge is 0.170 e. The van der Waals surface area contributed by atoms with Crippen LogP contribution in [0.3, 0.4) is 0 Å². The average molecular weight is 274 g/mol. The third kappa shape index (κ3) is 5.09. The molecule has 0 saturated carbocycles. The molecule has 0 atom stereocenters. The topological polar surface area (TPSA) is 41.9 Å². The molecule has 100 valence electrons. The fourth-order valence-electron chi connectivity index (χ4n) is 1.74. The van der Waals surface area contributed by atoms with Crippen molar-refractivity contribution in [3.8, 4) is 0 Å². The second kappa shape index (κ2) is 7.53. The van der Waals surface area contributed by atoms with E-state index in [1.165, 1.54) is 0 Å². The predicted molar refractivity (Wildman–Crippen MR) is 82.1 cm³/mol. The maximum Gasteiger partial charge on any atom is 0.170 e. The van der Waals surface area contributed by atoms with Gasteiger partial charge in [-0.15, -0.1) is 0 Å². The molecule has 0 spiro atoms. The molecule has 5 heteroatoms. The van der Waals surface area contributed by atoms with Crippen LogP contribution in [0, 0.1) is 0 Å². The number of unbranched alkanes of at least 4 members (excludes halogenated alkanes) is 1. The molecule has 0 bridgehead atoms. The van der Waals surface area contributed by atoms with Crippen LogP contribution in [0.15, 0.2) is 49.1 Å². The van der Waals surface area contributed by atoms with E-state index in [0.29, 0.717) is 5.11 Å². The molecule has 0 aliphatic carbocycles. The van der Waals surface area contributed by atoms with Crippen molar-refractivity contribution in [1.82, 2.24) is 14.9 Å². The van der Waals surface area contributed by atoms with Crippen molar-refractivity contribution in [2.24, 2.45) is 0 Å². The molecule has 0 aliphatic rings. The van der Waals surface area contributed by atoms with E-state index in [0.717, 1.165) is 31.6 Å². The molecule has 2 rings (SSSR count). The highest BCUT2D eigenvalue weighted by atomic mass is 32.1. The second-order valence-electron chi connectivity index (χ2n) is 4.25. The van der Waals surface area contributed by atoms with Crippen LogP contribution in [0.5, 0.6) is 0 Å². The van der Waals surface area contributed by atoms with Crippen LogP contribution in [0.4, 0.5) is 5.69 Å². The van der Waals surface area contributed by atoms with E-state index < -0.39 is 0 Å². The lowest BCUT2D eigenvalue weighted by molar-refractivity contribution is 0.603. The van der Waals surface area contributed by atoms with Crippen LogP contribution < -0.4 is 10.6 Å². The standard InChI is InChI=1S/C14H18N4S/c19-14(17-13-6-2-1-3-7-13)16-8-4-5-10-18-11-9-15-12-18/h1-3,6-7,9,11-12H,4-5,8,10H2,(H2,16,17,19). The number of thiocarbonyl (C=S) groups is 1. The highest BCUT2D eigenvalue weighted by molar-refractivity contribution is 7.80. The number of para-hydroxylation sites is 1. The highest BCUT2D eigenvalue weighted by Crippen LogP contribution is 2.04. The molecule has 0 amide bonds. The van der Waals surface area contributed by atoms with Crippen molar-refractivity contribution in [2.45, 2.75) is 19.4 Å². The van der Waals surface area contributed by atoms with Crippen molar-refractivity contribution in [3.63, 3.8) is 0 Å². The highest BCUT2D eigenvalue weighted by Gasteiger charge is 1.96. The number of nitrogens with one attached hydrogen (secondary N) is 2. The Morgan fingerprint density at radius 2 is 2.05 bits per heavy atom. The zero-order valence-corrected chi connectivity index (χ0v) is 11.6. The first kappa shape index (κ1) is 13.5. The maximum absolute atomic E-state index is 5.23. The predicted octanol–water partition coefficient (Wildman–Crippen LogP) is 2.65. The molecule has 0 radical (unpaired) electrons. The first-order valence-electron chi connectivity index (χ1n) is 6.40. The van der Waals surface area contributed by atoms with Gasteiger partial charge in [0.1, 0.15) is 0 Å². The van der Waals surface area contributed by atoms with Gasteiger partial charge < -0.3 is 15.2 Å². The van der Waals surface area contributed by atoms with E-state index >= 15 is 0 Å². The Labute approximate surface area is 118 Å². The zero-order valence-electron chi connectivity index (χ0n) is 10.7. The van der Waals surface area contributed by atoms with Gasteiger partial charge in [-0.05, 0) is 37.2 Å². The molecule has 0 aliphatic heterocycles. The largest absolute Gasteiger partial charge is 0.362 e. The normalized spacial score (nSPS) is 10.1. The Hall–Kier alpha value is -1.88. The van der Waals surface area contributed by atoms with Crippen LogP contribution in [-0.2, 0) is 6.54 Å². The Bertz CT molecular complexity index is 481. The number of hydrogen-bond donors (Lipinski definition) is 2. The van der Waals surface area contributed by atoms with Gasteiger partial charge in [-0.25, -0.2) is 4.98 Å². The van der Waals surface area contributed by atoms with Crippen LogP contribution >= 0.6 is 12.2 Å². The van der Waals surface area contributed by atoms with Crippen LogP contribution in [0.25, 0.3) is 0 Å². The van der Waals surface area contributed by atoms with Gasteiger partial charge in [0, 0.05) is 31.2 Å². The van der Waals surface area contributed by atoms with Crippen molar-refractivity contribution in [2.75, 3.05) is 11.9 Å². The Kier molecular flexibility index (Phi) is 5.37. The molecule has 0 saturated heterocycles. The summed E-state index contributed by atoms with van der Waals surface area (Å²) in [7, 11) is 0. The summed E-state index contributed by atoms with van der Waals surface area (Å²) in [6.07, 6.45) is 7.81. The van der Waals surface area contributed by atoms with E-state index in [2.05, 4.69) is 20.2 Å². The Morgan fingerprint density at radius 1 is 1.21 bits per heavy atom. The number of imidazole rings is 1. The minimum Gasteiger partial charge on any atom is -0.362 e. The van der Waals surface area contributed by atoms with Crippen molar-refractivity contribution in [3.05, 3.63) is 49.1 Å². The van der Waals surface area contributed by atoms with E-state index in [-0.39, 0.29) is 0 Å². The second-order valence-corrected chi connectivity index (χ2v) is 4.66. The Balaban J connectivity index is 1.57. The van der Waals surface area contributed by atoms with Gasteiger partial charge in [0.2, 0.25) is 0 Å². The third-order valence-corrected chi connectivity index (χ3v) is 2.97. The Morgan fingerprint density at radius 3 is 2.79 bits per heavy atom. The summed E-state index contributed by atoms with van der Waals surface area (Å²) in [5.74, 6) is 0. The van der Waals surface area contributed by atoms with Gasteiger partial charge in [-0.3, -0.25) is 0 Å². The monoisotopic (exact) mass is 274 g/mol. The number of rotatable bonds is 6. The van der Waals surface area contributed by atoms with Crippen LogP contribution in [0.1, 0.15) is 12.8 Å². The molecule has 1 aromatic carbocycles. The summed E-state index contributed by atoms with van der Waals surface area (Å²) < 4.78 is 2.08. The van der Waals surface area contributed by atoms with Gasteiger partial charge in [-0.2, -0.15) is 0 Å². The van der Waals surface area contributed by atoms with Gasteiger partial charge >= 0.3 is 0 Å². The number of aromatic nitrogens is 2. The summed E-state index contributed by atoms with van der Waals surface area (Å²) >= 11 is 5.23. The summed E-state index contributed by atoms with van der Waals surface area (Å²) in [6, 6.07) is 9.93. The molecular weight excluding hydrogens is 256 g/mol. The minimum atomic E-state index is 0.675. The SMILES string of the molecule is S=C(NCCCCn1ccnc1)Nc1ccccc1. The van der Waals surface area contributed by atoms with Crippen molar-refractivity contribution in [1.29, 1.82) is 0 Å². The molecule has 1 aromatic heterocycles. The minimum absolute atomic E-state index is 0.675. The zero-order chi connectivity index (χ0) is 13.3. The number of hydrogen-bond acceptors (Lipinski definition) is 2. The molecular formula is C14H18N4S. The molecule has 4 nitrogen and oxygen atoms in total. The lowest BCUT2D eigenvalue weighted by atomic mass is 10.3. The number of benzene rings is 1. The van der Waals surface area contributed by atoms with Gasteiger partial charge in [0.05, 0.1) is 6.33 Å². The molecule has 0 fully saturated rings. The molecule has 1 heterocycles. The third-order valence-electron chi connectivity index (χ3n) is 2.72. The fraction of sp³-hybridized carbons (Fsp3) is 0.286. The molecule has 19 heavy (non-hydrogen) atoms. The first-order chi connectivity index (χ1) is 9.34. The molecule has 2 N–H and O–H groups in total. The van der Waals surface area contributed by atoms with E-state index in [1.54, 1.807) is 6.20 Å². The molecule has 0 unspecified atom stereocenters. The fourth-order valence-corrected chi connectivity index (χ4v) is 1.96. The van der Waals surface area contributed by atoms with E-state index in [4.69, 9.17) is 12.2 Å². The van der Waals surface area contributed by atoms with Crippen LogP contribution in [-0.4, -0.2) is 21.2 Å². The first-order valence-corrected chi connectivity index (χ1v) is 6.81.